The highest BCUT2D eigenvalue weighted by molar-refractivity contribution is 5.85. The SMILES string of the molecule is CCCCN(C=O)CCCC.COc1ccc(C2C(C(=O)O)C(c3ccc4c(c3)OCO4)CN2C)cc1.Cl. The van der Waals surface area contributed by atoms with E-state index in [4.69, 9.17) is 14.2 Å². The predicted molar refractivity (Wildman–Crippen MR) is 149 cm³/mol. The highest BCUT2D eigenvalue weighted by Crippen LogP contribution is 2.47. The zero-order valence-corrected chi connectivity index (χ0v) is 23.6. The second-order valence-corrected chi connectivity index (χ2v) is 9.59. The maximum Gasteiger partial charge on any atom is 0.309 e. The first-order valence-electron chi connectivity index (χ1n) is 13.1. The molecule has 3 atom stereocenters. The van der Waals surface area contributed by atoms with Gasteiger partial charge in [0.05, 0.1) is 13.0 Å². The maximum atomic E-state index is 12.2. The van der Waals surface area contributed by atoms with Crippen molar-refractivity contribution < 1.29 is 28.9 Å². The van der Waals surface area contributed by atoms with Gasteiger partial charge in [-0.1, -0.05) is 44.9 Å². The van der Waals surface area contributed by atoms with Gasteiger partial charge in [0.1, 0.15) is 5.75 Å². The van der Waals surface area contributed by atoms with Crippen molar-refractivity contribution in [3.63, 3.8) is 0 Å². The fourth-order valence-electron chi connectivity index (χ4n) is 5.00. The van der Waals surface area contributed by atoms with Crippen molar-refractivity contribution in [3.8, 4) is 17.2 Å². The van der Waals surface area contributed by atoms with Crippen molar-refractivity contribution in [1.29, 1.82) is 0 Å². The fourth-order valence-corrected chi connectivity index (χ4v) is 5.00. The number of carboxylic acids is 1. The quantitative estimate of drug-likeness (QED) is 0.378. The number of fused-ring (bicyclic) bond motifs is 1. The molecule has 2 aromatic carbocycles. The number of likely N-dealkylation sites (tertiary alicyclic amines) is 1. The van der Waals surface area contributed by atoms with Crippen LogP contribution in [-0.2, 0) is 9.59 Å². The second-order valence-electron chi connectivity index (χ2n) is 9.59. The van der Waals surface area contributed by atoms with E-state index >= 15 is 0 Å². The Hall–Kier alpha value is -2.97. The smallest absolute Gasteiger partial charge is 0.309 e. The van der Waals surface area contributed by atoms with Gasteiger partial charge in [-0.05, 0) is 55.3 Å². The fraction of sp³-hybridized carbons (Fsp3) is 0.517. The number of hydrogen-bond donors (Lipinski definition) is 1. The molecule has 3 unspecified atom stereocenters. The molecule has 2 heterocycles. The maximum absolute atomic E-state index is 12.2. The van der Waals surface area contributed by atoms with Crippen molar-refractivity contribution in [2.75, 3.05) is 40.6 Å². The van der Waals surface area contributed by atoms with Crippen LogP contribution in [0, 0.1) is 5.92 Å². The number of carboxylic acid groups (broad SMARTS) is 1. The Morgan fingerprint density at radius 2 is 1.66 bits per heavy atom. The molecule has 1 fully saturated rings. The van der Waals surface area contributed by atoms with Gasteiger partial charge in [0, 0.05) is 31.6 Å². The van der Waals surface area contributed by atoms with Gasteiger partial charge in [-0.3, -0.25) is 14.5 Å². The molecule has 1 N–H and O–H groups in total. The van der Waals surface area contributed by atoms with E-state index in [1.54, 1.807) is 7.11 Å². The molecule has 0 bridgehead atoms. The summed E-state index contributed by atoms with van der Waals surface area (Å²) in [5, 5.41) is 9.98. The van der Waals surface area contributed by atoms with Gasteiger partial charge in [0.2, 0.25) is 13.2 Å². The molecule has 4 rings (SSSR count). The molecule has 1 saturated heterocycles. The first-order valence-corrected chi connectivity index (χ1v) is 13.1. The highest BCUT2D eigenvalue weighted by atomic mass is 35.5. The van der Waals surface area contributed by atoms with E-state index in [1.807, 2.05) is 54.4 Å². The van der Waals surface area contributed by atoms with E-state index < -0.39 is 11.9 Å². The number of ether oxygens (including phenoxy) is 3. The van der Waals surface area contributed by atoms with Crippen LogP contribution in [0.1, 0.15) is 62.6 Å². The molecular weight excluding hydrogens is 508 g/mol. The van der Waals surface area contributed by atoms with Gasteiger partial charge in [0.15, 0.2) is 11.5 Å². The first kappa shape index (κ1) is 31.2. The van der Waals surface area contributed by atoms with Gasteiger partial charge in [-0.15, -0.1) is 12.4 Å². The summed E-state index contributed by atoms with van der Waals surface area (Å²) in [6, 6.07) is 13.1. The zero-order chi connectivity index (χ0) is 26.8. The minimum atomic E-state index is -0.794. The lowest BCUT2D eigenvalue weighted by Gasteiger charge is -2.24. The number of benzene rings is 2. The zero-order valence-electron chi connectivity index (χ0n) is 22.8. The topological polar surface area (TPSA) is 88.5 Å². The third-order valence-corrected chi connectivity index (χ3v) is 7.05. The molecule has 2 aromatic rings. The van der Waals surface area contributed by atoms with Crippen LogP contribution in [0.15, 0.2) is 42.5 Å². The molecule has 2 aliphatic rings. The summed E-state index contributed by atoms with van der Waals surface area (Å²) in [6.45, 7) is 7.01. The monoisotopic (exact) mass is 548 g/mol. The molecule has 8 nitrogen and oxygen atoms in total. The van der Waals surface area contributed by atoms with E-state index in [0.717, 1.165) is 62.1 Å². The largest absolute Gasteiger partial charge is 0.497 e. The van der Waals surface area contributed by atoms with Crippen molar-refractivity contribution in [1.82, 2.24) is 9.80 Å². The minimum absolute atomic E-state index is 0. The number of hydrogen-bond acceptors (Lipinski definition) is 6. The summed E-state index contributed by atoms with van der Waals surface area (Å²) < 4.78 is 16.0. The molecule has 9 heteroatoms. The molecule has 2 aliphatic heterocycles. The van der Waals surface area contributed by atoms with Crippen LogP contribution in [0.3, 0.4) is 0 Å². The number of halogens is 1. The number of rotatable bonds is 11. The summed E-state index contributed by atoms with van der Waals surface area (Å²) >= 11 is 0. The van der Waals surface area contributed by atoms with Crippen LogP contribution in [-0.4, -0.2) is 67.9 Å². The molecule has 0 aromatic heterocycles. The Bertz CT molecular complexity index is 1010. The van der Waals surface area contributed by atoms with Gasteiger partial charge in [-0.2, -0.15) is 0 Å². The van der Waals surface area contributed by atoms with Crippen molar-refractivity contribution in [2.45, 2.75) is 51.5 Å². The number of carbonyl (C=O) groups is 2. The minimum Gasteiger partial charge on any atom is -0.497 e. The van der Waals surface area contributed by atoms with E-state index in [-0.39, 0.29) is 31.2 Å². The molecule has 210 valence electrons. The molecule has 1 amide bonds. The van der Waals surface area contributed by atoms with Crippen LogP contribution >= 0.6 is 12.4 Å². The van der Waals surface area contributed by atoms with Crippen LogP contribution in [0.4, 0.5) is 0 Å². The summed E-state index contributed by atoms with van der Waals surface area (Å²) in [5.74, 6) is 0.681. The lowest BCUT2D eigenvalue weighted by Crippen LogP contribution is -2.26. The average Bonchev–Trinajstić information content (AvgIpc) is 3.53. The van der Waals surface area contributed by atoms with Crippen LogP contribution < -0.4 is 14.2 Å². The number of amides is 1. The number of unbranched alkanes of at least 4 members (excludes halogenated alkanes) is 2. The number of likely N-dealkylation sites (N-methyl/N-ethyl adjacent to an activating group) is 1. The van der Waals surface area contributed by atoms with Gasteiger partial charge < -0.3 is 24.2 Å². The Balaban J connectivity index is 0.000000362. The first-order chi connectivity index (χ1) is 17.9. The predicted octanol–water partition coefficient (Wildman–Crippen LogP) is 5.36. The van der Waals surface area contributed by atoms with Crippen LogP contribution in [0.25, 0.3) is 0 Å². The average molecular weight is 549 g/mol. The van der Waals surface area contributed by atoms with Gasteiger partial charge >= 0.3 is 5.97 Å². The third-order valence-electron chi connectivity index (χ3n) is 7.05. The second kappa shape index (κ2) is 15.4. The van der Waals surface area contributed by atoms with Crippen LogP contribution in [0.2, 0.25) is 0 Å². The van der Waals surface area contributed by atoms with E-state index in [0.29, 0.717) is 18.0 Å². The van der Waals surface area contributed by atoms with Gasteiger partial charge in [-0.25, -0.2) is 0 Å². The molecule has 0 saturated carbocycles. The number of nitrogens with zero attached hydrogens (tertiary/aromatic N) is 2. The Morgan fingerprint density at radius 3 is 2.21 bits per heavy atom. The lowest BCUT2D eigenvalue weighted by atomic mass is 9.83. The van der Waals surface area contributed by atoms with Crippen molar-refractivity contribution >= 4 is 24.8 Å². The summed E-state index contributed by atoms with van der Waals surface area (Å²) in [6.07, 6.45) is 5.54. The Labute approximate surface area is 232 Å². The Kier molecular flexibility index (Phi) is 12.7. The molecule has 0 spiro atoms. The number of carbonyl (C=O) groups excluding carboxylic acids is 1. The summed E-state index contributed by atoms with van der Waals surface area (Å²) in [4.78, 5) is 26.6. The van der Waals surface area contributed by atoms with E-state index in [9.17, 15) is 14.7 Å². The Morgan fingerprint density at radius 1 is 1.05 bits per heavy atom. The molecule has 0 radical (unpaired) electrons. The van der Waals surface area contributed by atoms with E-state index in [2.05, 4.69) is 18.7 Å². The third kappa shape index (κ3) is 7.77. The van der Waals surface area contributed by atoms with Crippen molar-refractivity contribution in [3.05, 3.63) is 53.6 Å². The van der Waals surface area contributed by atoms with Crippen LogP contribution in [0.5, 0.6) is 17.2 Å². The number of methoxy groups -OCH3 is 1. The highest BCUT2D eigenvalue weighted by Gasteiger charge is 2.46. The van der Waals surface area contributed by atoms with Crippen molar-refractivity contribution in [2.24, 2.45) is 5.92 Å². The lowest BCUT2D eigenvalue weighted by molar-refractivity contribution is -0.143. The molecular formula is C29H41ClN2O6. The standard InChI is InChI=1S/C20H21NO5.C9H19NO.ClH/c1-21-10-15(13-5-8-16-17(9-13)26-11-25-16)18(20(22)23)19(21)12-3-6-14(24-2)7-4-12;1-3-5-7-10(9-11)8-6-4-2;/h3-9,15,18-19H,10-11H2,1-2H3,(H,22,23);9H,3-8H2,1-2H3;1H. The molecule has 0 aliphatic carbocycles. The molecule has 38 heavy (non-hydrogen) atoms. The summed E-state index contributed by atoms with van der Waals surface area (Å²) in [5.41, 5.74) is 1.94. The normalized spacial score (nSPS) is 19.6. The van der Waals surface area contributed by atoms with Gasteiger partial charge in [0.25, 0.3) is 0 Å². The number of aliphatic carboxylic acids is 1. The van der Waals surface area contributed by atoms with E-state index in [1.165, 1.54) is 0 Å². The summed E-state index contributed by atoms with van der Waals surface area (Å²) in [7, 11) is 3.59.